The predicted molar refractivity (Wildman–Crippen MR) is 130 cm³/mol. The van der Waals surface area contributed by atoms with Crippen LogP contribution < -0.4 is 22.1 Å². The summed E-state index contributed by atoms with van der Waals surface area (Å²) in [5, 5.41) is 27.7. The van der Waals surface area contributed by atoms with E-state index in [1.807, 2.05) is 78.9 Å². The van der Waals surface area contributed by atoms with Gasteiger partial charge in [-0.05, 0) is 64.7 Å². The van der Waals surface area contributed by atoms with Gasteiger partial charge < -0.3 is 32.3 Å². The van der Waals surface area contributed by atoms with Crippen LogP contribution in [0.2, 0.25) is 0 Å². The van der Waals surface area contributed by atoms with Gasteiger partial charge in [0.1, 0.15) is 0 Å². The molecule has 0 fully saturated rings. The molecule has 0 saturated heterocycles. The van der Waals surface area contributed by atoms with Gasteiger partial charge in [-0.2, -0.15) is 0 Å². The van der Waals surface area contributed by atoms with E-state index in [1.165, 1.54) is 0 Å². The van der Waals surface area contributed by atoms with Crippen LogP contribution in [0.4, 0.5) is 17.1 Å². The normalized spacial score (nSPS) is 14.9. The first-order valence-corrected chi connectivity index (χ1v) is 10.5. The van der Waals surface area contributed by atoms with E-state index in [0.29, 0.717) is 24.5 Å². The zero-order valence-electron chi connectivity index (χ0n) is 17.8. The number of nitrogens with two attached hydrogens (primary N) is 2. The highest BCUT2D eigenvalue weighted by Gasteiger charge is 2.32. The lowest BCUT2D eigenvalue weighted by Gasteiger charge is -2.30. The van der Waals surface area contributed by atoms with Crippen LogP contribution in [0.5, 0.6) is 0 Å². The second-order valence-corrected chi connectivity index (χ2v) is 8.03. The highest BCUT2D eigenvalue weighted by Crippen LogP contribution is 2.32. The molecule has 6 nitrogen and oxygen atoms in total. The smallest absolute Gasteiger partial charge is 0.208 e. The minimum absolute atomic E-state index is 0.103. The number of hydrogen-bond donors (Lipinski definition) is 6. The maximum absolute atomic E-state index is 10.6. The van der Waals surface area contributed by atoms with Crippen LogP contribution in [0.1, 0.15) is 23.1 Å². The topological polar surface area (TPSA) is 117 Å². The Hall–Kier alpha value is -3.74. The molecule has 0 radical (unpaired) electrons. The molecule has 3 aromatic carbocycles. The molecule has 0 saturated carbocycles. The molecular weight excluding hydrogens is 400 g/mol. The number of benzene rings is 3. The number of nitrogens with one attached hydrogen (secondary N) is 2. The molecule has 0 aliphatic heterocycles. The standard InChI is InChI=1S/C26H28N4O2/c27-22-8-1-18(2-9-22)16-29-24-12-5-20(6-13-24)21-7-14-25(26(31,32)15-21)30-17-19-3-10-23(28)11-4-19/h1-14,29-32H,15-17,27-28H2. The van der Waals surface area contributed by atoms with Crippen molar-refractivity contribution in [3.8, 4) is 0 Å². The van der Waals surface area contributed by atoms with Gasteiger partial charge in [-0.25, -0.2) is 0 Å². The molecule has 8 N–H and O–H groups in total. The maximum Gasteiger partial charge on any atom is 0.208 e. The van der Waals surface area contributed by atoms with Gasteiger partial charge in [-0.1, -0.05) is 42.5 Å². The maximum atomic E-state index is 10.6. The van der Waals surface area contributed by atoms with Gasteiger partial charge in [0, 0.05) is 36.6 Å². The van der Waals surface area contributed by atoms with Crippen molar-refractivity contribution in [1.29, 1.82) is 0 Å². The largest absolute Gasteiger partial charge is 0.399 e. The summed E-state index contributed by atoms with van der Waals surface area (Å²) in [5.74, 6) is -1.95. The third-order valence-corrected chi connectivity index (χ3v) is 5.51. The monoisotopic (exact) mass is 428 g/mol. The molecule has 164 valence electrons. The lowest BCUT2D eigenvalue weighted by Crippen LogP contribution is -2.39. The highest BCUT2D eigenvalue weighted by molar-refractivity contribution is 5.71. The predicted octanol–water partition coefficient (Wildman–Crippen LogP) is 3.60. The molecule has 0 bridgehead atoms. The summed E-state index contributed by atoms with van der Waals surface area (Å²) in [7, 11) is 0. The quantitative estimate of drug-likeness (QED) is 0.253. The van der Waals surface area contributed by atoms with Crippen LogP contribution in [0.3, 0.4) is 0 Å². The van der Waals surface area contributed by atoms with Crippen molar-refractivity contribution in [3.05, 3.63) is 107 Å². The number of nitrogen functional groups attached to an aromatic ring is 2. The van der Waals surface area contributed by atoms with E-state index in [2.05, 4.69) is 10.6 Å². The Balaban J connectivity index is 1.39. The SMILES string of the molecule is Nc1ccc(CNC2=CC=C(c3ccc(NCc4ccc(N)cc4)cc3)CC2(O)O)cc1. The Morgan fingerprint density at radius 1 is 0.688 bits per heavy atom. The van der Waals surface area contributed by atoms with Gasteiger partial charge in [0.25, 0.3) is 0 Å². The van der Waals surface area contributed by atoms with Crippen molar-refractivity contribution in [1.82, 2.24) is 5.32 Å². The van der Waals surface area contributed by atoms with Crippen molar-refractivity contribution >= 4 is 22.6 Å². The summed E-state index contributed by atoms with van der Waals surface area (Å²) in [6.07, 6.45) is 3.75. The minimum atomic E-state index is -1.95. The van der Waals surface area contributed by atoms with Gasteiger partial charge in [-0.15, -0.1) is 0 Å². The molecule has 0 atom stereocenters. The zero-order chi connectivity index (χ0) is 22.6. The Morgan fingerprint density at radius 3 is 1.75 bits per heavy atom. The molecule has 4 rings (SSSR count). The first-order valence-electron chi connectivity index (χ1n) is 10.5. The van der Waals surface area contributed by atoms with Crippen molar-refractivity contribution < 1.29 is 10.2 Å². The summed E-state index contributed by atoms with van der Waals surface area (Å²) in [6.45, 7) is 1.18. The Bertz CT molecular complexity index is 1120. The number of hydrogen-bond acceptors (Lipinski definition) is 6. The molecule has 32 heavy (non-hydrogen) atoms. The second-order valence-electron chi connectivity index (χ2n) is 8.03. The van der Waals surface area contributed by atoms with Gasteiger partial charge in [0.05, 0.1) is 5.70 Å². The van der Waals surface area contributed by atoms with Crippen LogP contribution in [-0.2, 0) is 13.1 Å². The van der Waals surface area contributed by atoms with E-state index in [4.69, 9.17) is 11.5 Å². The zero-order valence-corrected chi connectivity index (χ0v) is 17.8. The summed E-state index contributed by atoms with van der Waals surface area (Å²) in [6, 6.07) is 23.2. The van der Waals surface area contributed by atoms with Crippen molar-refractivity contribution in [2.75, 3.05) is 16.8 Å². The Labute approximate surface area is 187 Å². The summed E-state index contributed by atoms with van der Waals surface area (Å²) >= 11 is 0. The number of aliphatic hydroxyl groups is 2. The lowest BCUT2D eigenvalue weighted by atomic mass is 9.91. The molecule has 1 aliphatic carbocycles. The molecule has 0 aromatic heterocycles. The van der Waals surface area contributed by atoms with Gasteiger partial charge in [0.2, 0.25) is 5.79 Å². The second kappa shape index (κ2) is 9.18. The van der Waals surface area contributed by atoms with E-state index < -0.39 is 5.79 Å². The van der Waals surface area contributed by atoms with Crippen LogP contribution in [0.15, 0.2) is 90.6 Å². The van der Waals surface area contributed by atoms with Gasteiger partial charge >= 0.3 is 0 Å². The lowest BCUT2D eigenvalue weighted by molar-refractivity contribution is -0.128. The minimum Gasteiger partial charge on any atom is -0.399 e. The summed E-state index contributed by atoms with van der Waals surface area (Å²) in [4.78, 5) is 0. The van der Waals surface area contributed by atoms with Crippen LogP contribution in [0, 0.1) is 0 Å². The van der Waals surface area contributed by atoms with Crippen molar-refractivity contribution in [2.24, 2.45) is 0 Å². The van der Waals surface area contributed by atoms with Crippen LogP contribution >= 0.6 is 0 Å². The number of rotatable bonds is 7. The molecular formula is C26H28N4O2. The summed E-state index contributed by atoms with van der Waals surface area (Å²) in [5.41, 5.74) is 18.2. The van der Waals surface area contributed by atoms with E-state index in [9.17, 15) is 10.2 Å². The van der Waals surface area contributed by atoms with Gasteiger partial charge in [0.15, 0.2) is 0 Å². The first-order chi connectivity index (χ1) is 15.4. The molecule has 6 heteroatoms. The third kappa shape index (κ3) is 5.29. The number of anilines is 3. The van der Waals surface area contributed by atoms with E-state index in [1.54, 1.807) is 6.08 Å². The Kier molecular flexibility index (Phi) is 6.16. The number of allylic oxidation sites excluding steroid dienone is 2. The Morgan fingerprint density at radius 2 is 1.22 bits per heavy atom. The average molecular weight is 429 g/mol. The molecule has 1 aliphatic rings. The fraction of sp³-hybridized carbons (Fsp3) is 0.154. The molecule has 0 unspecified atom stereocenters. The average Bonchev–Trinajstić information content (AvgIpc) is 2.79. The molecule has 0 heterocycles. The van der Waals surface area contributed by atoms with Crippen LogP contribution in [-0.4, -0.2) is 16.0 Å². The van der Waals surface area contributed by atoms with Crippen LogP contribution in [0.25, 0.3) is 5.57 Å². The molecule has 0 amide bonds. The molecule has 0 spiro atoms. The summed E-state index contributed by atoms with van der Waals surface area (Å²) < 4.78 is 0. The highest BCUT2D eigenvalue weighted by atomic mass is 16.5. The first kappa shape index (κ1) is 21.5. The fourth-order valence-corrected chi connectivity index (χ4v) is 3.61. The van der Waals surface area contributed by atoms with E-state index >= 15 is 0 Å². The van der Waals surface area contributed by atoms with E-state index in [-0.39, 0.29) is 6.42 Å². The fourth-order valence-electron chi connectivity index (χ4n) is 3.61. The molecule has 3 aromatic rings. The van der Waals surface area contributed by atoms with E-state index in [0.717, 1.165) is 33.6 Å². The van der Waals surface area contributed by atoms with Crippen molar-refractivity contribution in [3.63, 3.8) is 0 Å². The van der Waals surface area contributed by atoms with Gasteiger partial charge in [-0.3, -0.25) is 0 Å². The third-order valence-electron chi connectivity index (χ3n) is 5.51. The van der Waals surface area contributed by atoms with Crippen molar-refractivity contribution in [2.45, 2.75) is 25.3 Å².